The first-order valence-corrected chi connectivity index (χ1v) is 7.98. The highest BCUT2D eigenvalue weighted by Crippen LogP contribution is 2.44. The van der Waals surface area contributed by atoms with Crippen LogP contribution in [-0.4, -0.2) is 49.3 Å². The molecule has 1 aliphatic heterocycles. The topological polar surface area (TPSA) is 67.6 Å². The van der Waals surface area contributed by atoms with Gasteiger partial charge in [-0.3, -0.25) is 4.79 Å². The summed E-state index contributed by atoms with van der Waals surface area (Å²) in [5.74, 6) is 1.75. The van der Waals surface area contributed by atoms with Crippen molar-refractivity contribution in [1.29, 1.82) is 0 Å². The van der Waals surface area contributed by atoms with Crippen LogP contribution in [-0.2, 0) is 9.53 Å². The van der Waals surface area contributed by atoms with Crippen LogP contribution in [0.2, 0.25) is 0 Å². The quantitative estimate of drug-likeness (QED) is 0.795. The summed E-state index contributed by atoms with van der Waals surface area (Å²) in [6.45, 7) is 1.28. The molecule has 5 nitrogen and oxygen atoms in total. The molecular formula is C15H27N3O2. The van der Waals surface area contributed by atoms with Crippen molar-refractivity contribution >= 4 is 5.91 Å². The summed E-state index contributed by atoms with van der Waals surface area (Å²) in [4.78, 5) is 13.9. The number of carbonyl (C=O) groups is 1. The smallest absolute Gasteiger partial charge is 0.237 e. The summed E-state index contributed by atoms with van der Waals surface area (Å²) < 4.78 is 5.47. The van der Waals surface area contributed by atoms with Gasteiger partial charge in [-0.05, 0) is 50.4 Å². The van der Waals surface area contributed by atoms with Crippen LogP contribution >= 0.6 is 0 Å². The Morgan fingerprint density at radius 2 is 2.00 bits per heavy atom. The number of amides is 1. The number of carbonyl (C=O) groups excluding carboxylic acids is 1. The minimum Gasteiger partial charge on any atom is -0.381 e. The van der Waals surface area contributed by atoms with Gasteiger partial charge in [0.05, 0.1) is 18.8 Å². The van der Waals surface area contributed by atoms with Gasteiger partial charge in [-0.15, -0.1) is 0 Å². The van der Waals surface area contributed by atoms with Gasteiger partial charge in [0.2, 0.25) is 5.91 Å². The van der Waals surface area contributed by atoms with E-state index in [1.54, 1.807) is 0 Å². The fourth-order valence-electron chi connectivity index (χ4n) is 4.36. The molecule has 3 rings (SSSR count). The Morgan fingerprint density at radius 3 is 2.55 bits per heavy atom. The molecule has 3 N–H and O–H groups in total. The summed E-state index contributed by atoms with van der Waals surface area (Å²) in [5.41, 5.74) is 5.93. The van der Waals surface area contributed by atoms with Crippen molar-refractivity contribution < 1.29 is 9.53 Å². The van der Waals surface area contributed by atoms with E-state index in [0.717, 1.165) is 31.2 Å². The van der Waals surface area contributed by atoms with E-state index in [9.17, 15) is 4.79 Å². The van der Waals surface area contributed by atoms with E-state index >= 15 is 0 Å². The molecule has 1 saturated heterocycles. The number of nitrogens with zero attached hydrogens (tertiary/aromatic N) is 1. The molecule has 0 aromatic rings. The Hall–Kier alpha value is -0.650. The number of hydrogen-bond acceptors (Lipinski definition) is 4. The first kappa shape index (κ1) is 14.3. The fraction of sp³-hybridized carbons (Fsp3) is 0.933. The van der Waals surface area contributed by atoms with Crippen molar-refractivity contribution in [1.82, 2.24) is 10.2 Å². The molecule has 114 valence electrons. The second-order valence-electron chi connectivity index (χ2n) is 6.70. The van der Waals surface area contributed by atoms with Crippen LogP contribution in [0.5, 0.6) is 0 Å². The van der Waals surface area contributed by atoms with E-state index in [1.807, 2.05) is 12.0 Å². The van der Waals surface area contributed by atoms with Gasteiger partial charge in [-0.25, -0.2) is 0 Å². The molecule has 3 fully saturated rings. The maximum absolute atomic E-state index is 12.1. The Labute approximate surface area is 121 Å². The summed E-state index contributed by atoms with van der Waals surface area (Å²) >= 11 is 0. The number of nitrogens with two attached hydrogens (primary N) is 1. The van der Waals surface area contributed by atoms with Crippen LogP contribution < -0.4 is 11.1 Å². The largest absolute Gasteiger partial charge is 0.381 e. The molecule has 1 amide bonds. The predicted molar refractivity (Wildman–Crippen MR) is 77.0 cm³/mol. The third-order valence-corrected chi connectivity index (χ3v) is 5.47. The zero-order valence-corrected chi connectivity index (χ0v) is 12.4. The average molecular weight is 281 g/mol. The van der Waals surface area contributed by atoms with Crippen molar-refractivity contribution in [2.45, 2.75) is 56.8 Å². The molecule has 5 heteroatoms. The van der Waals surface area contributed by atoms with Gasteiger partial charge in [0, 0.05) is 19.7 Å². The summed E-state index contributed by atoms with van der Waals surface area (Å²) in [7, 11) is 1.82. The van der Waals surface area contributed by atoms with E-state index in [1.165, 1.54) is 25.7 Å². The lowest BCUT2D eigenvalue weighted by Gasteiger charge is -2.23. The van der Waals surface area contributed by atoms with E-state index in [-0.39, 0.29) is 12.1 Å². The van der Waals surface area contributed by atoms with Crippen LogP contribution in [0.1, 0.15) is 38.5 Å². The second kappa shape index (κ2) is 6.00. The van der Waals surface area contributed by atoms with Crippen molar-refractivity contribution in [3.8, 4) is 0 Å². The zero-order chi connectivity index (χ0) is 14.1. The molecule has 20 heavy (non-hydrogen) atoms. The summed E-state index contributed by atoms with van der Waals surface area (Å²) in [6, 6.07) is 0.505. The van der Waals surface area contributed by atoms with Crippen molar-refractivity contribution in [3.05, 3.63) is 0 Å². The van der Waals surface area contributed by atoms with Gasteiger partial charge >= 0.3 is 0 Å². The minimum atomic E-state index is -0.0604. The molecule has 3 aliphatic rings. The Balaban J connectivity index is 1.41. The zero-order valence-electron chi connectivity index (χ0n) is 12.4. The van der Waals surface area contributed by atoms with Crippen LogP contribution in [0, 0.1) is 11.8 Å². The molecule has 5 atom stereocenters. The Morgan fingerprint density at radius 1 is 1.30 bits per heavy atom. The normalized spacial score (nSPS) is 40.3. The van der Waals surface area contributed by atoms with Gasteiger partial charge in [0.25, 0.3) is 0 Å². The number of fused-ring (bicyclic) bond motifs is 1. The monoisotopic (exact) mass is 281 g/mol. The number of hydrogen-bond donors (Lipinski definition) is 2. The number of rotatable bonds is 4. The van der Waals surface area contributed by atoms with Crippen LogP contribution in [0.25, 0.3) is 0 Å². The number of likely N-dealkylation sites (tertiary alicyclic amines) is 1. The minimum absolute atomic E-state index is 0.0604. The van der Waals surface area contributed by atoms with Gasteiger partial charge in [0.15, 0.2) is 0 Å². The van der Waals surface area contributed by atoms with Crippen LogP contribution in [0.3, 0.4) is 0 Å². The SMILES string of the molecule is CO[C@H]1C[C@H]2C[C@H](NCC(=O)N3CCC[C@H]3N)C[C@H]2C1. The molecular weight excluding hydrogens is 254 g/mol. The van der Waals surface area contributed by atoms with E-state index in [0.29, 0.717) is 18.7 Å². The Kier molecular flexibility index (Phi) is 4.29. The number of ether oxygens (including phenoxy) is 1. The third-order valence-electron chi connectivity index (χ3n) is 5.47. The molecule has 0 aromatic carbocycles. The average Bonchev–Trinajstić information content (AvgIpc) is 3.09. The molecule has 0 unspecified atom stereocenters. The maximum Gasteiger partial charge on any atom is 0.237 e. The van der Waals surface area contributed by atoms with Gasteiger partial charge in [-0.2, -0.15) is 0 Å². The standard InChI is InChI=1S/C15H27N3O2/c1-20-13-7-10-5-12(6-11(10)8-13)17-9-15(19)18-4-2-3-14(18)16/h10-14,17H,2-9,16H2,1H3/t10-,11+,12+,13+,14-/m0/s1. The predicted octanol–water partition coefficient (Wildman–Crippen LogP) is 0.687. The van der Waals surface area contributed by atoms with E-state index in [2.05, 4.69) is 5.32 Å². The summed E-state index contributed by atoms with van der Waals surface area (Å²) in [5, 5.41) is 3.45. The molecule has 0 spiro atoms. The fourth-order valence-corrected chi connectivity index (χ4v) is 4.36. The number of nitrogens with one attached hydrogen (secondary N) is 1. The lowest BCUT2D eigenvalue weighted by Crippen LogP contribution is -2.46. The van der Waals surface area contributed by atoms with Crippen molar-refractivity contribution in [2.75, 3.05) is 20.2 Å². The Bertz CT molecular complexity index is 349. The highest BCUT2D eigenvalue weighted by Gasteiger charge is 2.41. The molecule has 0 aromatic heterocycles. The molecule has 2 aliphatic carbocycles. The van der Waals surface area contributed by atoms with E-state index in [4.69, 9.17) is 10.5 Å². The summed E-state index contributed by atoms with van der Waals surface area (Å²) in [6.07, 6.45) is 7.18. The highest BCUT2D eigenvalue weighted by atomic mass is 16.5. The van der Waals surface area contributed by atoms with Crippen LogP contribution in [0.4, 0.5) is 0 Å². The second-order valence-corrected chi connectivity index (χ2v) is 6.70. The van der Waals surface area contributed by atoms with Gasteiger partial charge in [0.1, 0.15) is 0 Å². The molecule has 1 heterocycles. The first-order chi connectivity index (χ1) is 9.67. The van der Waals surface area contributed by atoms with Gasteiger partial charge in [-0.1, -0.05) is 0 Å². The molecule has 2 saturated carbocycles. The van der Waals surface area contributed by atoms with Crippen molar-refractivity contribution in [2.24, 2.45) is 17.6 Å². The third kappa shape index (κ3) is 2.85. The first-order valence-electron chi connectivity index (χ1n) is 7.98. The van der Waals surface area contributed by atoms with E-state index < -0.39 is 0 Å². The van der Waals surface area contributed by atoms with Crippen molar-refractivity contribution in [3.63, 3.8) is 0 Å². The molecule has 0 radical (unpaired) electrons. The van der Waals surface area contributed by atoms with Gasteiger partial charge < -0.3 is 20.7 Å². The maximum atomic E-state index is 12.1. The van der Waals surface area contributed by atoms with Crippen LogP contribution in [0.15, 0.2) is 0 Å². The molecule has 0 bridgehead atoms. The number of methoxy groups -OCH3 is 1. The highest BCUT2D eigenvalue weighted by molar-refractivity contribution is 5.78. The lowest BCUT2D eigenvalue weighted by molar-refractivity contribution is -0.131. The lowest BCUT2D eigenvalue weighted by atomic mass is 10.0.